The highest BCUT2D eigenvalue weighted by atomic mass is 35.5. The van der Waals surface area contributed by atoms with Gasteiger partial charge in [0.25, 0.3) is 0 Å². The number of methoxy groups -OCH3 is 1. The summed E-state index contributed by atoms with van der Waals surface area (Å²) in [4.78, 5) is 28.7. The molecule has 0 aliphatic heterocycles. The van der Waals surface area contributed by atoms with E-state index in [-0.39, 0.29) is 26.8 Å². The van der Waals surface area contributed by atoms with E-state index in [1.165, 1.54) is 12.1 Å². The van der Waals surface area contributed by atoms with Gasteiger partial charge in [-0.15, -0.1) is 0 Å². The van der Waals surface area contributed by atoms with Crippen molar-refractivity contribution in [3.63, 3.8) is 0 Å². The van der Waals surface area contributed by atoms with E-state index in [4.69, 9.17) is 27.9 Å². The average molecular weight is 421 g/mol. The first-order valence-corrected chi connectivity index (χ1v) is 8.81. The molecule has 3 rings (SSSR count). The Hall–Kier alpha value is -2.90. The number of hydrogen-bond acceptors (Lipinski definition) is 6. The van der Waals surface area contributed by atoms with Crippen molar-refractivity contribution in [1.82, 2.24) is 4.98 Å². The lowest BCUT2D eigenvalue weighted by Crippen LogP contribution is -2.38. The zero-order chi connectivity index (χ0) is 20.4. The lowest BCUT2D eigenvalue weighted by molar-refractivity contribution is -0.581. The number of aromatic nitrogens is 2. The van der Waals surface area contributed by atoms with Crippen LogP contribution < -0.4 is 4.73 Å². The molecule has 0 aliphatic rings. The van der Waals surface area contributed by atoms with Crippen LogP contribution >= 0.6 is 23.2 Å². The summed E-state index contributed by atoms with van der Waals surface area (Å²) in [5.41, 5.74) is 0.864. The van der Waals surface area contributed by atoms with Crippen LogP contribution in [0.25, 0.3) is 11.0 Å². The van der Waals surface area contributed by atoms with E-state index in [1.807, 2.05) is 0 Å². The van der Waals surface area contributed by atoms with E-state index >= 15 is 0 Å². The first-order chi connectivity index (χ1) is 13.3. The Morgan fingerprint density at radius 3 is 2.50 bits per heavy atom. The molecule has 0 spiro atoms. The fourth-order valence-electron chi connectivity index (χ4n) is 2.63. The smallest absolute Gasteiger partial charge is 0.406 e. The number of benzene rings is 2. The summed E-state index contributed by atoms with van der Waals surface area (Å²) in [6.07, 6.45) is 0. The minimum absolute atomic E-state index is 0.0313. The summed E-state index contributed by atoms with van der Waals surface area (Å²) in [5, 5.41) is 13.0. The molecule has 0 bridgehead atoms. The van der Waals surface area contributed by atoms with E-state index in [2.05, 4.69) is 9.72 Å². The summed E-state index contributed by atoms with van der Waals surface area (Å²) in [6.45, 7) is 1.36. The lowest BCUT2D eigenvalue weighted by Gasteiger charge is -2.12. The predicted octanol–water partition coefficient (Wildman–Crippen LogP) is 3.63. The second kappa shape index (κ2) is 8.00. The molecule has 1 heterocycles. The van der Waals surface area contributed by atoms with Crippen molar-refractivity contribution in [3.8, 4) is 0 Å². The van der Waals surface area contributed by atoms with E-state index in [9.17, 15) is 14.8 Å². The zero-order valence-electron chi connectivity index (χ0n) is 14.9. The Labute approximate surface area is 170 Å². The van der Waals surface area contributed by atoms with Crippen LogP contribution in [-0.4, -0.2) is 24.0 Å². The summed E-state index contributed by atoms with van der Waals surface area (Å²) in [7, 11) is 1.13. The number of carbonyl (C=O) groups is 2. The van der Waals surface area contributed by atoms with Crippen LogP contribution in [-0.2, 0) is 16.1 Å². The zero-order valence-corrected chi connectivity index (χ0v) is 16.4. The number of rotatable bonds is 4. The molecule has 144 valence electrons. The molecule has 0 N–H and O–H groups in total. The number of ether oxygens (including phenoxy) is 2. The van der Waals surface area contributed by atoms with Gasteiger partial charge in [-0.25, -0.2) is 14.6 Å². The Morgan fingerprint density at radius 2 is 1.82 bits per heavy atom. The molecule has 0 aliphatic carbocycles. The van der Waals surface area contributed by atoms with Crippen LogP contribution in [0, 0.1) is 12.1 Å². The van der Waals surface area contributed by atoms with Gasteiger partial charge < -0.3 is 14.7 Å². The molecule has 2 aromatic carbocycles. The monoisotopic (exact) mass is 420 g/mol. The number of fused-ring (bicyclic) bond motifs is 1. The maximum atomic E-state index is 12.7. The van der Waals surface area contributed by atoms with Gasteiger partial charge in [0.05, 0.1) is 22.7 Å². The number of halogens is 2. The van der Waals surface area contributed by atoms with Crippen molar-refractivity contribution in [2.45, 2.75) is 13.5 Å². The molecule has 9 heteroatoms. The first kappa shape index (κ1) is 19.9. The lowest BCUT2D eigenvalue weighted by atomic mass is 10.1. The normalized spacial score (nSPS) is 10.7. The number of nitrogens with zero attached hydrogens (tertiary/aromatic N) is 2. The van der Waals surface area contributed by atoms with Crippen molar-refractivity contribution in [1.29, 1.82) is 0 Å². The highest BCUT2D eigenvalue weighted by Gasteiger charge is 2.28. The third-order valence-corrected chi connectivity index (χ3v) is 4.77. The van der Waals surface area contributed by atoms with E-state index < -0.39 is 24.2 Å². The SMILES string of the molecule is COC(=O)c1c(COC(=O)c2ccccc2C)nc2cc(Cl)c(Cl)cc2[n+]1[O-]. The highest BCUT2D eigenvalue weighted by Crippen LogP contribution is 2.26. The van der Waals surface area contributed by atoms with Crippen LogP contribution in [0.2, 0.25) is 10.0 Å². The Morgan fingerprint density at radius 1 is 1.14 bits per heavy atom. The Bertz CT molecular complexity index is 1100. The minimum Gasteiger partial charge on any atom is -0.618 e. The molecule has 1 aromatic heterocycles. The van der Waals surface area contributed by atoms with Gasteiger partial charge in [-0.05, 0) is 24.6 Å². The maximum Gasteiger partial charge on any atom is 0.406 e. The molecule has 0 saturated heterocycles. The molecule has 0 fully saturated rings. The average Bonchev–Trinajstić information content (AvgIpc) is 2.67. The van der Waals surface area contributed by atoms with E-state index in [0.29, 0.717) is 10.3 Å². The molecule has 3 aromatic rings. The van der Waals surface area contributed by atoms with Gasteiger partial charge >= 0.3 is 17.6 Å². The van der Waals surface area contributed by atoms with E-state index in [0.717, 1.165) is 12.7 Å². The van der Waals surface area contributed by atoms with Crippen molar-refractivity contribution in [2.24, 2.45) is 0 Å². The van der Waals surface area contributed by atoms with Crippen LogP contribution in [0.3, 0.4) is 0 Å². The summed E-state index contributed by atoms with van der Waals surface area (Å²) in [5.74, 6) is -1.53. The largest absolute Gasteiger partial charge is 0.618 e. The fraction of sp³-hybridized carbons (Fsp3) is 0.158. The molecular formula is C19H14Cl2N2O5. The van der Waals surface area contributed by atoms with Gasteiger partial charge in [-0.3, -0.25) is 0 Å². The molecule has 0 amide bonds. The minimum atomic E-state index is -0.919. The van der Waals surface area contributed by atoms with E-state index in [1.54, 1.807) is 31.2 Å². The Balaban J connectivity index is 2.03. The summed E-state index contributed by atoms with van der Waals surface area (Å²) < 4.78 is 10.3. The summed E-state index contributed by atoms with van der Waals surface area (Å²) >= 11 is 11.9. The van der Waals surface area contributed by atoms with Crippen molar-refractivity contribution >= 4 is 46.2 Å². The summed E-state index contributed by atoms with van der Waals surface area (Å²) in [6, 6.07) is 9.57. The van der Waals surface area contributed by atoms with Crippen molar-refractivity contribution in [2.75, 3.05) is 7.11 Å². The first-order valence-electron chi connectivity index (χ1n) is 8.05. The Kier molecular flexibility index (Phi) is 5.67. The van der Waals surface area contributed by atoms with Crippen LogP contribution in [0.5, 0.6) is 0 Å². The standard InChI is InChI=1S/C19H14Cl2N2O5/c1-10-5-3-4-6-11(10)18(24)28-9-15-17(19(25)27-2)23(26)16-8-13(21)12(20)7-14(16)22-15/h3-8H,9H2,1-2H3. The van der Waals surface area contributed by atoms with Crippen molar-refractivity contribution in [3.05, 3.63) is 74.2 Å². The number of hydrogen-bond donors (Lipinski definition) is 0. The van der Waals surface area contributed by atoms with Gasteiger partial charge in [0.2, 0.25) is 5.52 Å². The topological polar surface area (TPSA) is 92.4 Å². The van der Waals surface area contributed by atoms with Gasteiger partial charge in [0, 0.05) is 6.07 Å². The number of carbonyl (C=O) groups excluding carboxylic acids is 2. The highest BCUT2D eigenvalue weighted by molar-refractivity contribution is 6.42. The third kappa shape index (κ3) is 3.72. The molecular weight excluding hydrogens is 407 g/mol. The molecule has 28 heavy (non-hydrogen) atoms. The van der Waals surface area contributed by atoms with Gasteiger partial charge in [-0.2, -0.15) is 4.73 Å². The van der Waals surface area contributed by atoms with Gasteiger partial charge in [0.15, 0.2) is 5.69 Å². The van der Waals surface area contributed by atoms with Crippen LogP contribution in [0.1, 0.15) is 32.1 Å². The quantitative estimate of drug-likeness (QED) is 0.363. The number of aryl methyl sites for hydroxylation is 1. The predicted molar refractivity (Wildman–Crippen MR) is 102 cm³/mol. The fourth-order valence-corrected chi connectivity index (χ4v) is 2.94. The number of esters is 2. The third-order valence-electron chi connectivity index (χ3n) is 4.05. The van der Waals surface area contributed by atoms with Gasteiger partial charge in [-0.1, -0.05) is 41.4 Å². The molecule has 0 atom stereocenters. The van der Waals surface area contributed by atoms with Crippen LogP contribution in [0.15, 0.2) is 36.4 Å². The molecule has 7 nitrogen and oxygen atoms in total. The maximum absolute atomic E-state index is 12.7. The molecule has 0 unspecified atom stereocenters. The molecule has 0 saturated carbocycles. The van der Waals surface area contributed by atoms with Gasteiger partial charge in [0.1, 0.15) is 12.1 Å². The second-order valence-corrected chi connectivity index (χ2v) is 6.65. The van der Waals surface area contributed by atoms with Crippen molar-refractivity contribution < 1.29 is 23.8 Å². The second-order valence-electron chi connectivity index (χ2n) is 5.84. The molecule has 0 radical (unpaired) electrons. The van der Waals surface area contributed by atoms with Crippen LogP contribution in [0.4, 0.5) is 0 Å².